The number of anilines is 2. The fourth-order valence-corrected chi connectivity index (χ4v) is 3.87. The molecule has 168 valence electrons. The maximum Gasteiger partial charge on any atom is 0.259 e. The van der Waals surface area contributed by atoms with Crippen LogP contribution in [0.5, 0.6) is 5.75 Å². The van der Waals surface area contributed by atoms with Crippen LogP contribution in [0.1, 0.15) is 15.9 Å². The van der Waals surface area contributed by atoms with Gasteiger partial charge in [0.2, 0.25) is 0 Å². The molecule has 2 aromatic carbocycles. The predicted octanol–water partition coefficient (Wildman–Crippen LogP) is 4.63. The molecule has 0 fully saturated rings. The largest absolute Gasteiger partial charge is 0.496 e. The van der Waals surface area contributed by atoms with Crippen molar-refractivity contribution in [2.45, 2.75) is 6.92 Å². The fraction of sp³-hybridized carbons (Fsp3) is 0.0769. The monoisotopic (exact) mass is 450 g/mol. The number of nitrogens with zero attached hydrogens (tertiary/aromatic N) is 4. The number of aryl methyl sites for hydroxylation is 1. The Morgan fingerprint density at radius 2 is 1.88 bits per heavy atom. The molecule has 0 bridgehead atoms. The molecule has 1 amide bonds. The van der Waals surface area contributed by atoms with Gasteiger partial charge in [-0.05, 0) is 48.9 Å². The predicted molar refractivity (Wildman–Crippen MR) is 132 cm³/mol. The maximum absolute atomic E-state index is 12.9. The summed E-state index contributed by atoms with van der Waals surface area (Å²) in [5, 5.41) is 3.93. The van der Waals surface area contributed by atoms with Gasteiger partial charge in [-0.15, -0.1) is 0 Å². The highest BCUT2D eigenvalue weighted by Gasteiger charge is 2.14. The van der Waals surface area contributed by atoms with Gasteiger partial charge in [-0.25, -0.2) is 9.97 Å². The molecule has 34 heavy (non-hydrogen) atoms. The topological polar surface area (TPSA) is 108 Å². The number of methoxy groups -OCH3 is 1. The summed E-state index contributed by atoms with van der Waals surface area (Å²) >= 11 is 0. The Labute approximate surface area is 196 Å². The molecule has 0 aliphatic heterocycles. The number of benzene rings is 2. The Balaban J connectivity index is 1.51. The zero-order valence-electron chi connectivity index (χ0n) is 18.7. The summed E-state index contributed by atoms with van der Waals surface area (Å²) < 4.78 is 7.26. The molecule has 3 aromatic heterocycles. The first-order chi connectivity index (χ1) is 16.5. The molecule has 0 radical (unpaired) electrons. The highest BCUT2D eigenvalue weighted by Crippen LogP contribution is 2.29. The highest BCUT2D eigenvalue weighted by molar-refractivity contribution is 6.06. The molecule has 0 saturated heterocycles. The third kappa shape index (κ3) is 3.93. The summed E-state index contributed by atoms with van der Waals surface area (Å²) in [7, 11) is 1.55. The van der Waals surface area contributed by atoms with Crippen LogP contribution in [0, 0.1) is 6.92 Å². The number of para-hydroxylation sites is 1. The third-order valence-corrected chi connectivity index (χ3v) is 5.62. The molecule has 5 aromatic rings. The highest BCUT2D eigenvalue weighted by atomic mass is 16.5. The number of carbonyl (C=O) groups is 1. The number of amides is 1. The van der Waals surface area contributed by atoms with Crippen molar-refractivity contribution in [3.8, 4) is 22.8 Å². The lowest BCUT2D eigenvalue weighted by molar-refractivity contribution is 0.102. The zero-order valence-corrected chi connectivity index (χ0v) is 18.7. The lowest BCUT2D eigenvalue weighted by Crippen LogP contribution is -2.13. The molecule has 0 atom stereocenters. The van der Waals surface area contributed by atoms with Crippen molar-refractivity contribution in [1.29, 1.82) is 0 Å². The number of nitrogens with two attached hydrogens (primary N) is 1. The number of aromatic nitrogens is 4. The number of rotatable bonds is 5. The van der Waals surface area contributed by atoms with Crippen LogP contribution in [0.4, 0.5) is 11.5 Å². The molecule has 3 heterocycles. The Hall–Kier alpha value is -4.72. The Morgan fingerprint density at radius 1 is 1.03 bits per heavy atom. The van der Waals surface area contributed by atoms with E-state index in [9.17, 15) is 4.79 Å². The average Bonchev–Trinajstić information content (AvgIpc) is 3.28. The smallest absolute Gasteiger partial charge is 0.259 e. The lowest BCUT2D eigenvalue weighted by Gasteiger charge is -2.12. The summed E-state index contributed by atoms with van der Waals surface area (Å²) in [4.78, 5) is 25.8. The molecule has 0 aliphatic carbocycles. The van der Waals surface area contributed by atoms with Gasteiger partial charge in [-0.1, -0.05) is 18.2 Å². The molecule has 0 aliphatic rings. The van der Waals surface area contributed by atoms with E-state index in [4.69, 9.17) is 10.5 Å². The number of carbonyl (C=O) groups excluding carboxylic acids is 1. The van der Waals surface area contributed by atoms with E-state index in [0.717, 1.165) is 27.7 Å². The van der Waals surface area contributed by atoms with Crippen LogP contribution >= 0.6 is 0 Å². The SMILES string of the molecule is COc1ccccc1C(=O)Nc1ccc(C)c(-c2cc3c(ccn3-c3cc(N)ncn3)cn2)c1. The first kappa shape index (κ1) is 21.1. The van der Waals surface area contributed by atoms with Crippen LogP contribution in [0.3, 0.4) is 0 Å². The molecule has 0 spiro atoms. The van der Waals surface area contributed by atoms with E-state index in [1.54, 1.807) is 31.4 Å². The van der Waals surface area contributed by atoms with Crippen LogP contribution < -0.4 is 15.8 Å². The van der Waals surface area contributed by atoms with Crippen LogP contribution in [-0.2, 0) is 0 Å². The van der Waals surface area contributed by atoms with Crippen LogP contribution in [0.15, 0.2) is 79.4 Å². The first-order valence-electron chi connectivity index (χ1n) is 10.6. The fourth-order valence-electron chi connectivity index (χ4n) is 3.87. The normalized spacial score (nSPS) is 10.9. The molecule has 8 nitrogen and oxygen atoms in total. The van der Waals surface area contributed by atoms with E-state index in [1.165, 1.54) is 6.33 Å². The van der Waals surface area contributed by atoms with Crippen molar-refractivity contribution < 1.29 is 9.53 Å². The second-order valence-corrected chi connectivity index (χ2v) is 7.80. The minimum atomic E-state index is -0.245. The maximum atomic E-state index is 12.9. The molecule has 0 unspecified atom stereocenters. The van der Waals surface area contributed by atoms with Crippen molar-refractivity contribution in [3.05, 3.63) is 90.5 Å². The number of fused-ring (bicyclic) bond motifs is 1. The molecular weight excluding hydrogens is 428 g/mol. The van der Waals surface area contributed by atoms with Gasteiger partial charge < -0.3 is 20.4 Å². The summed E-state index contributed by atoms with van der Waals surface area (Å²) in [5.41, 5.74) is 10.6. The summed E-state index contributed by atoms with van der Waals surface area (Å²) in [6.45, 7) is 2.01. The molecular formula is C26H22N6O2. The second kappa shape index (κ2) is 8.67. The van der Waals surface area contributed by atoms with E-state index in [2.05, 4.69) is 20.3 Å². The first-order valence-corrected chi connectivity index (χ1v) is 10.6. The number of nitrogens with one attached hydrogen (secondary N) is 1. The molecule has 5 rings (SSSR count). The van der Waals surface area contributed by atoms with Gasteiger partial charge in [0, 0.05) is 35.1 Å². The standard InChI is InChI=1S/C26H22N6O2/c1-16-7-8-18(31-26(33)19-5-3-4-6-23(19)34-2)11-20(16)21-12-22-17(14-28-21)9-10-32(22)25-13-24(27)29-15-30-25/h3-15H,1-2H3,(H,31,33)(H2,27,29,30). The number of ether oxygens (including phenoxy) is 1. The minimum Gasteiger partial charge on any atom is -0.496 e. The summed E-state index contributed by atoms with van der Waals surface area (Å²) in [6, 6.07) is 18.6. The number of hydrogen-bond acceptors (Lipinski definition) is 6. The average molecular weight is 451 g/mol. The number of nitrogen functional groups attached to an aromatic ring is 1. The van der Waals surface area contributed by atoms with Gasteiger partial charge in [0.15, 0.2) is 0 Å². The van der Waals surface area contributed by atoms with Gasteiger partial charge in [-0.3, -0.25) is 9.78 Å². The zero-order chi connectivity index (χ0) is 23.7. The van der Waals surface area contributed by atoms with E-state index in [0.29, 0.717) is 28.6 Å². The Kier molecular flexibility index (Phi) is 5.39. The Morgan fingerprint density at radius 3 is 2.71 bits per heavy atom. The van der Waals surface area contributed by atoms with Crippen LogP contribution in [-0.4, -0.2) is 32.5 Å². The minimum absolute atomic E-state index is 0.245. The van der Waals surface area contributed by atoms with E-state index in [-0.39, 0.29) is 5.91 Å². The third-order valence-electron chi connectivity index (χ3n) is 5.62. The van der Waals surface area contributed by atoms with Crippen molar-refractivity contribution >= 4 is 28.3 Å². The summed E-state index contributed by atoms with van der Waals surface area (Å²) in [6.07, 6.45) is 5.19. The van der Waals surface area contributed by atoms with Gasteiger partial charge in [0.1, 0.15) is 23.7 Å². The number of pyridine rings is 1. The number of hydrogen-bond donors (Lipinski definition) is 2. The lowest BCUT2D eigenvalue weighted by atomic mass is 10.0. The Bertz CT molecular complexity index is 1530. The van der Waals surface area contributed by atoms with Crippen molar-refractivity contribution in [3.63, 3.8) is 0 Å². The van der Waals surface area contributed by atoms with Crippen molar-refractivity contribution in [2.75, 3.05) is 18.2 Å². The van der Waals surface area contributed by atoms with Crippen LogP contribution in [0.25, 0.3) is 28.0 Å². The molecule has 0 saturated carbocycles. The van der Waals surface area contributed by atoms with Gasteiger partial charge in [0.05, 0.1) is 23.9 Å². The van der Waals surface area contributed by atoms with Crippen LogP contribution in [0.2, 0.25) is 0 Å². The van der Waals surface area contributed by atoms with Gasteiger partial charge in [0.25, 0.3) is 5.91 Å². The van der Waals surface area contributed by atoms with E-state index >= 15 is 0 Å². The van der Waals surface area contributed by atoms with Crippen molar-refractivity contribution in [2.24, 2.45) is 0 Å². The molecule has 3 N–H and O–H groups in total. The van der Waals surface area contributed by atoms with E-state index in [1.807, 2.05) is 60.3 Å². The van der Waals surface area contributed by atoms with Gasteiger partial charge in [-0.2, -0.15) is 0 Å². The van der Waals surface area contributed by atoms with Crippen molar-refractivity contribution in [1.82, 2.24) is 19.5 Å². The summed E-state index contributed by atoms with van der Waals surface area (Å²) in [5.74, 6) is 1.35. The van der Waals surface area contributed by atoms with E-state index < -0.39 is 0 Å². The quantitative estimate of drug-likeness (QED) is 0.404. The molecule has 8 heteroatoms. The second-order valence-electron chi connectivity index (χ2n) is 7.80. The van der Waals surface area contributed by atoms with Gasteiger partial charge >= 0.3 is 0 Å².